The van der Waals surface area contributed by atoms with Crippen LogP contribution in [0.5, 0.6) is 5.75 Å². The quantitative estimate of drug-likeness (QED) is 0.750. The lowest BCUT2D eigenvalue weighted by Crippen LogP contribution is -2.35. The van der Waals surface area contributed by atoms with Crippen LogP contribution in [0.3, 0.4) is 0 Å². The van der Waals surface area contributed by atoms with Gasteiger partial charge in [0.05, 0.1) is 11.1 Å². The van der Waals surface area contributed by atoms with Crippen LogP contribution in [0.2, 0.25) is 0 Å². The number of aromatic hydroxyl groups is 1. The Morgan fingerprint density at radius 3 is 2.62 bits per heavy atom. The third-order valence-corrected chi connectivity index (χ3v) is 4.46. The second-order valence-corrected chi connectivity index (χ2v) is 6.48. The van der Waals surface area contributed by atoms with E-state index >= 15 is 0 Å². The van der Waals surface area contributed by atoms with Crippen LogP contribution in [0.4, 0.5) is 18.9 Å². The second-order valence-electron chi connectivity index (χ2n) is 5.56. The van der Waals surface area contributed by atoms with Gasteiger partial charge in [0.25, 0.3) is 5.91 Å². The Morgan fingerprint density at radius 1 is 1.17 bits per heavy atom. The van der Waals surface area contributed by atoms with Crippen molar-refractivity contribution in [2.24, 2.45) is 0 Å². The molecule has 0 aromatic heterocycles. The van der Waals surface area contributed by atoms with Crippen LogP contribution in [0.1, 0.15) is 27.9 Å². The first kappa shape index (κ1) is 16.8. The van der Waals surface area contributed by atoms with Crippen molar-refractivity contribution in [3.8, 4) is 5.75 Å². The summed E-state index contributed by atoms with van der Waals surface area (Å²) in [7, 11) is 0. The van der Waals surface area contributed by atoms with Gasteiger partial charge in [-0.2, -0.15) is 13.2 Å². The molecule has 0 bridgehead atoms. The SMILES string of the molecule is O=C(c1cc(Br)ccc1O)N1CCCc2ccc(C(F)(F)F)cc21. The van der Waals surface area contributed by atoms with Crippen LogP contribution < -0.4 is 4.90 Å². The van der Waals surface area contributed by atoms with Crippen molar-refractivity contribution >= 4 is 27.5 Å². The van der Waals surface area contributed by atoms with E-state index in [4.69, 9.17) is 0 Å². The molecule has 24 heavy (non-hydrogen) atoms. The molecule has 0 atom stereocenters. The van der Waals surface area contributed by atoms with Gasteiger partial charge in [-0.1, -0.05) is 22.0 Å². The molecule has 0 aliphatic carbocycles. The van der Waals surface area contributed by atoms with E-state index in [1.807, 2.05) is 0 Å². The number of aryl methyl sites for hydroxylation is 1. The van der Waals surface area contributed by atoms with E-state index in [2.05, 4.69) is 15.9 Å². The molecule has 2 aromatic carbocycles. The Hall–Kier alpha value is -2.02. The fraction of sp³-hybridized carbons (Fsp3) is 0.235. The summed E-state index contributed by atoms with van der Waals surface area (Å²) in [5.74, 6) is -0.726. The minimum absolute atomic E-state index is 0.0506. The van der Waals surface area contributed by atoms with Crippen molar-refractivity contribution in [2.75, 3.05) is 11.4 Å². The fourth-order valence-corrected chi connectivity index (χ4v) is 3.15. The molecule has 7 heteroatoms. The van der Waals surface area contributed by atoms with Crippen LogP contribution in [-0.4, -0.2) is 17.6 Å². The molecular formula is C17H13BrF3NO2. The molecule has 0 saturated heterocycles. The Kier molecular flexibility index (Phi) is 4.29. The average Bonchev–Trinajstić information content (AvgIpc) is 2.54. The molecule has 126 valence electrons. The van der Waals surface area contributed by atoms with Crippen molar-refractivity contribution in [2.45, 2.75) is 19.0 Å². The zero-order chi connectivity index (χ0) is 17.5. The number of benzene rings is 2. The highest BCUT2D eigenvalue weighted by Gasteiger charge is 2.33. The molecule has 2 aromatic rings. The molecule has 0 radical (unpaired) electrons. The highest BCUT2D eigenvalue weighted by Crippen LogP contribution is 2.37. The number of anilines is 1. The molecule has 1 aliphatic heterocycles. The lowest BCUT2D eigenvalue weighted by molar-refractivity contribution is -0.137. The third-order valence-electron chi connectivity index (χ3n) is 3.97. The monoisotopic (exact) mass is 399 g/mol. The zero-order valence-electron chi connectivity index (χ0n) is 12.4. The largest absolute Gasteiger partial charge is 0.507 e. The minimum Gasteiger partial charge on any atom is -0.507 e. The van der Waals surface area contributed by atoms with E-state index in [0.717, 1.165) is 12.1 Å². The van der Waals surface area contributed by atoms with Crippen LogP contribution in [0.15, 0.2) is 40.9 Å². The molecule has 0 spiro atoms. The predicted octanol–water partition coefficient (Wildman–Crippen LogP) is 4.77. The third kappa shape index (κ3) is 3.13. The summed E-state index contributed by atoms with van der Waals surface area (Å²) in [5.41, 5.74) is 0.201. The number of alkyl halides is 3. The van der Waals surface area contributed by atoms with Gasteiger partial charge in [-0.25, -0.2) is 0 Å². The lowest BCUT2D eigenvalue weighted by atomic mass is 9.98. The van der Waals surface area contributed by atoms with Gasteiger partial charge in [0.1, 0.15) is 5.75 Å². The van der Waals surface area contributed by atoms with Gasteiger partial charge < -0.3 is 10.0 Å². The standard InChI is InChI=1S/C17H13BrF3NO2/c18-12-5-6-15(23)13(9-12)16(24)22-7-1-2-10-3-4-11(8-14(10)22)17(19,20)21/h3-6,8-9,23H,1-2,7H2. The molecule has 3 rings (SSSR count). The number of carbonyl (C=O) groups excluding carboxylic acids is 1. The molecule has 1 aliphatic rings. The number of phenolic OH excluding ortho intramolecular Hbond substituents is 1. The van der Waals surface area contributed by atoms with Gasteiger partial charge in [0, 0.05) is 16.7 Å². The summed E-state index contributed by atoms with van der Waals surface area (Å²) < 4.78 is 39.5. The number of hydrogen-bond acceptors (Lipinski definition) is 2. The smallest absolute Gasteiger partial charge is 0.416 e. The molecule has 0 saturated carbocycles. The first-order valence-electron chi connectivity index (χ1n) is 7.28. The topological polar surface area (TPSA) is 40.5 Å². The number of nitrogens with zero attached hydrogens (tertiary/aromatic N) is 1. The lowest BCUT2D eigenvalue weighted by Gasteiger charge is -2.30. The van der Waals surface area contributed by atoms with E-state index < -0.39 is 17.6 Å². The summed E-state index contributed by atoms with van der Waals surface area (Å²) in [6.07, 6.45) is -3.21. The number of carbonyl (C=O) groups is 1. The Balaban J connectivity index is 2.05. The number of hydrogen-bond donors (Lipinski definition) is 1. The Labute approximate surface area is 144 Å². The Bertz CT molecular complexity index is 805. The van der Waals surface area contributed by atoms with Gasteiger partial charge in [0.2, 0.25) is 0 Å². The fourth-order valence-electron chi connectivity index (χ4n) is 2.79. The maximum Gasteiger partial charge on any atom is 0.416 e. The summed E-state index contributed by atoms with van der Waals surface area (Å²) in [5, 5.41) is 9.92. The van der Waals surface area contributed by atoms with Crippen LogP contribution >= 0.6 is 15.9 Å². The number of phenols is 1. The van der Waals surface area contributed by atoms with E-state index in [0.29, 0.717) is 29.4 Å². The van der Waals surface area contributed by atoms with Gasteiger partial charge in [-0.05, 0) is 48.7 Å². The normalized spacial score (nSPS) is 14.4. The number of rotatable bonds is 1. The molecule has 0 unspecified atom stereocenters. The average molecular weight is 400 g/mol. The van der Waals surface area contributed by atoms with Crippen molar-refractivity contribution < 1.29 is 23.1 Å². The van der Waals surface area contributed by atoms with Gasteiger partial charge in [0.15, 0.2) is 0 Å². The molecule has 3 nitrogen and oxygen atoms in total. The summed E-state index contributed by atoms with van der Waals surface area (Å²) in [6.45, 7) is 0.305. The Morgan fingerprint density at radius 2 is 1.92 bits per heavy atom. The van der Waals surface area contributed by atoms with Crippen LogP contribution in [0, 0.1) is 0 Å². The second kappa shape index (κ2) is 6.12. The first-order chi connectivity index (χ1) is 11.3. The predicted molar refractivity (Wildman–Crippen MR) is 87.2 cm³/mol. The minimum atomic E-state index is -4.47. The molecule has 0 fully saturated rings. The van der Waals surface area contributed by atoms with Crippen molar-refractivity contribution in [3.63, 3.8) is 0 Å². The highest BCUT2D eigenvalue weighted by molar-refractivity contribution is 9.10. The molecule has 1 heterocycles. The highest BCUT2D eigenvalue weighted by atomic mass is 79.9. The number of amides is 1. The zero-order valence-corrected chi connectivity index (χ0v) is 14.0. The number of halogens is 4. The molecule has 1 N–H and O–H groups in total. The van der Waals surface area contributed by atoms with Crippen molar-refractivity contribution in [1.82, 2.24) is 0 Å². The van der Waals surface area contributed by atoms with Gasteiger partial charge in [-0.3, -0.25) is 4.79 Å². The number of fused-ring (bicyclic) bond motifs is 1. The van der Waals surface area contributed by atoms with Crippen molar-refractivity contribution in [3.05, 3.63) is 57.6 Å². The maximum absolute atomic E-state index is 13.0. The summed E-state index contributed by atoms with van der Waals surface area (Å²) in [6, 6.07) is 7.86. The first-order valence-corrected chi connectivity index (χ1v) is 8.07. The van der Waals surface area contributed by atoms with E-state index in [1.165, 1.54) is 23.1 Å². The van der Waals surface area contributed by atoms with E-state index in [-0.39, 0.29) is 17.0 Å². The van der Waals surface area contributed by atoms with Crippen LogP contribution in [-0.2, 0) is 12.6 Å². The summed E-state index contributed by atoms with van der Waals surface area (Å²) in [4.78, 5) is 14.1. The summed E-state index contributed by atoms with van der Waals surface area (Å²) >= 11 is 3.23. The molecular weight excluding hydrogens is 387 g/mol. The van der Waals surface area contributed by atoms with Crippen molar-refractivity contribution in [1.29, 1.82) is 0 Å². The van der Waals surface area contributed by atoms with E-state index in [9.17, 15) is 23.1 Å². The van der Waals surface area contributed by atoms with E-state index in [1.54, 1.807) is 6.07 Å². The van der Waals surface area contributed by atoms with Gasteiger partial charge >= 0.3 is 6.18 Å². The molecule has 1 amide bonds. The van der Waals surface area contributed by atoms with Gasteiger partial charge in [-0.15, -0.1) is 0 Å². The van der Waals surface area contributed by atoms with Crippen LogP contribution in [0.25, 0.3) is 0 Å². The maximum atomic E-state index is 13.0.